The van der Waals surface area contributed by atoms with Crippen LogP contribution in [0, 0.1) is 6.92 Å². The van der Waals surface area contributed by atoms with Gasteiger partial charge in [0.1, 0.15) is 5.82 Å². The molecule has 16 heavy (non-hydrogen) atoms. The molecule has 4 heteroatoms. The van der Waals surface area contributed by atoms with Crippen molar-refractivity contribution in [1.82, 2.24) is 15.3 Å². The fourth-order valence-electron chi connectivity index (χ4n) is 1.54. The van der Waals surface area contributed by atoms with E-state index in [1.807, 2.05) is 19.9 Å². The van der Waals surface area contributed by atoms with Gasteiger partial charge in [0.25, 0.3) is 0 Å². The lowest BCUT2D eigenvalue weighted by molar-refractivity contribution is -0.00902. The van der Waals surface area contributed by atoms with Gasteiger partial charge in [-0.3, -0.25) is 0 Å². The molecule has 0 saturated heterocycles. The first-order valence-corrected chi connectivity index (χ1v) is 5.67. The molecule has 4 nitrogen and oxygen atoms in total. The molecule has 0 bridgehead atoms. The van der Waals surface area contributed by atoms with E-state index in [0.29, 0.717) is 0 Å². The first-order chi connectivity index (χ1) is 7.53. The summed E-state index contributed by atoms with van der Waals surface area (Å²) in [7, 11) is 0. The van der Waals surface area contributed by atoms with E-state index in [0.717, 1.165) is 31.2 Å². The Hall–Kier alpha value is -1.00. The molecule has 0 aliphatic carbocycles. The van der Waals surface area contributed by atoms with Crippen LogP contribution in [-0.4, -0.2) is 28.7 Å². The number of hydrogen-bond acceptors (Lipinski definition) is 4. The van der Waals surface area contributed by atoms with E-state index in [9.17, 15) is 0 Å². The second-order valence-corrected chi connectivity index (χ2v) is 4.39. The molecular weight excluding hydrogens is 202 g/mol. The molecule has 0 aliphatic rings. The summed E-state index contributed by atoms with van der Waals surface area (Å²) < 4.78 is 5.60. The maximum Gasteiger partial charge on any atom is 0.125 e. The average Bonchev–Trinajstić information content (AvgIpc) is 2.17. The second kappa shape index (κ2) is 5.92. The number of hydrogen-bond donors (Lipinski definition) is 1. The predicted octanol–water partition coefficient (Wildman–Crippen LogP) is 1.69. The van der Waals surface area contributed by atoms with Gasteiger partial charge in [0, 0.05) is 25.9 Å². The van der Waals surface area contributed by atoms with Gasteiger partial charge in [0.15, 0.2) is 0 Å². The lowest BCUT2D eigenvalue weighted by atomic mass is 10.1. The molecular formula is C12H21N3O. The molecule has 1 rings (SSSR count). The Morgan fingerprint density at radius 1 is 1.44 bits per heavy atom. The van der Waals surface area contributed by atoms with Gasteiger partial charge in [0.2, 0.25) is 0 Å². The van der Waals surface area contributed by atoms with E-state index in [-0.39, 0.29) is 5.60 Å². The van der Waals surface area contributed by atoms with Crippen LogP contribution in [0.2, 0.25) is 0 Å². The smallest absolute Gasteiger partial charge is 0.125 e. The normalized spacial score (nSPS) is 11.8. The summed E-state index contributed by atoms with van der Waals surface area (Å²) in [6.45, 7) is 10.4. The van der Waals surface area contributed by atoms with Crippen LogP contribution >= 0.6 is 0 Å². The van der Waals surface area contributed by atoms with Crippen molar-refractivity contribution >= 4 is 0 Å². The molecule has 0 aromatic carbocycles. The number of nitrogens with one attached hydrogen (secondary N) is 1. The van der Waals surface area contributed by atoms with Gasteiger partial charge in [-0.2, -0.15) is 0 Å². The van der Waals surface area contributed by atoms with Gasteiger partial charge in [0.05, 0.1) is 11.3 Å². The summed E-state index contributed by atoms with van der Waals surface area (Å²) in [5.41, 5.74) is 0.886. The number of rotatable bonds is 6. The van der Waals surface area contributed by atoms with Gasteiger partial charge >= 0.3 is 0 Å². The highest BCUT2D eigenvalue weighted by Crippen LogP contribution is 2.07. The first-order valence-electron chi connectivity index (χ1n) is 5.67. The van der Waals surface area contributed by atoms with Gasteiger partial charge in [-0.05, 0) is 33.8 Å². The zero-order valence-corrected chi connectivity index (χ0v) is 10.6. The van der Waals surface area contributed by atoms with Crippen molar-refractivity contribution in [3.8, 4) is 0 Å². The Kier molecular flexibility index (Phi) is 4.83. The first kappa shape index (κ1) is 13.1. The van der Waals surface area contributed by atoms with Crippen LogP contribution in [0.5, 0.6) is 0 Å². The van der Waals surface area contributed by atoms with E-state index in [1.54, 1.807) is 6.20 Å². The Morgan fingerprint density at radius 3 is 2.81 bits per heavy atom. The Bertz CT molecular complexity index is 326. The number of nitrogens with zero attached hydrogens (tertiary/aromatic N) is 2. The molecule has 90 valence electrons. The minimum absolute atomic E-state index is 0.128. The van der Waals surface area contributed by atoms with E-state index in [4.69, 9.17) is 4.74 Å². The van der Waals surface area contributed by atoms with Crippen molar-refractivity contribution in [3.63, 3.8) is 0 Å². The molecule has 1 N–H and O–H groups in total. The molecule has 1 aromatic rings. The van der Waals surface area contributed by atoms with Crippen molar-refractivity contribution < 1.29 is 4.74 Å². The van der Waals surface area contributed by atoms with Crippen molar-refractivity contribution in [2.45, 2.75) is 39.8 Å². The fourth-order valence-corrected chi connectivity index (χ4v) is 1.54. The Balaban J connectivity index is 2.35. The molecule has 1 aromatic heterocycles. The zero-order valence-electron chi connectivity index (χ0n) is 10.6. The van der Waals surface area contributed by atoms with Crippen molar-refractivity contribution in [2.75, 3.05) is 13.2 Å². The molecule has 1 heterocycles. The highest BCUT2D eigenvalue weighted by atomic mass is 16.5. The van der Waals surface area contributed by atoms with Gasteiger partial charge < -0.3 is 10.1 Å². The van der Waals surface area contributed by atoms with Crippen LogP contribution in [0.4, 0.5) is 0 Å². The third-order valence-electron chi connectivity index (χ3n) is 2.23. The van der Waals surface area contributed by atoms with Gasteiger partial charge in [-0.15, -0.1) is 0 Å². The van der Waals surface area contributed by atoms with E-state index >= 15 is 0 Å². The Labute approximate surface area is 97.5 Å². The quantitative estimate of drug-likeness (QED) is 0.797. The summed E-state index contributed by atoms with van der Waals surface area (Å²) in [5, 5.41) is 3.34. The molecule has 0 amide bonds. The minimum atomic E-state index is -0.128. The third kappa shape index (κ3) is 4.68. The molecule has 0 radical (unpaired) electrons. The lowest BCUT2D eigenvalue weighted by Gasteiger charge is -2.24. The SMILES string of the molecule is CCOC(C)(C)CNCc1ccnc(C)n1. The van der Waals surface area contributed by atoms with Crippen LogP contribution in [-0.2, 0) is 11.3 Å². The molecule has 0 fully saturated rings. The largest absolute Gasteiger partial charge is 0.375 e. The van der Waals surface area contributed by atoms with E-state index in [1.165, 1.54) is 0 Å². The predicted molar refractivity (Wildman–Crippen MR) is 64.2 cm³/mol. The number of aryl methyl sites for hydroxylation is 1. The van der Waals surface area contributed by atoms with E-state index < -0.39 is 0 Å². The molecule has 0 atom stereocenters. The zero-order chi connectivity index (χ0) is 12.0. The van der Waals surface area contributed by atoms with Crippen LogP contribution in [0.25, 0.3) is 0 Å². The molecule has 0 spiro atoms. The summed E-state index contributed by atoms with van der Waals surface area (Å²) in [4.78, 5) is 8.39. The summed E-state index contributed by atoms with van der Waals surface area (Å²) in [6.07, 6.45) is 1.78. The standard InChI is InChI=1S/C12H21N3O/c1-5-16-12(3,4)9-13-8-11-6-7-14-10(2)15-11/h6-7,13H,5,8-9H2,1-4H3. The monoisotopic (exact) mass is 223 g/mol. The van der Waals surface area contributed by atoms with Gasteiger partial charge in [-0.1, -0.05) is 0 Å². The van der Waals surface area contributed by atoms with Crippen molar-refractivity contribution in [2.24, 2.45) is 0 Å². The molecule has 0 aliphatic heterocycles. The van der Waals surface area contributed by atoms with Crippen LogP contribution < -0.4 is 5.32 Å². The van der Waals surface area contributed by atoms with Gasteiger partial charge in [-0.25, -0.2) is 9.97 Å². The van der Waals surface area contributed by atoms with Crippen LogP contribution in [0.15, 0.2) is 12.3 Å². The summed E-state index contributed by atoms with van der Waals surface area (Å²) in [5.74, 6) is 0.809. The maximum absolute atomic E-state index is 5.60. The number of aromatic nitrogens is 2. The minimum Gasteiger partial charge on any atom is -0.375 e. The van der Waals surface area contributed by atoms with Crippen molar-refractivity contribution in [3.05, 3.63) is 23.8 Å². The average molecular weight is 223 g/mol. The van der Waals surface area contributed by atoms with Crippen LogP contribution in [0.1, 0.15) is 32.3 Å². The highest BCUT2D eigenvalue weighted by molar-refractivity contribution is 5.01. The maximum atomic E-state index is 5.60. The summed E-state index contributed by atoms with van der Waals surface area (Å²) in [6, 6.07) is 1.92. The van der Waals surface area contributed by atoms with Crippen molar-refractivity contribution in [1.29, 1.82) is 0 Å². The lowest BCUT2D eigenvalue weighted by Crippen LogP contribution is -2.37. The fraction of sp³-hybridized carbons (Fsp3) is 0.667. The summed E-state index contributed by atoms with van der Waals surface area (Å²) >= 11 is 0. The Morgan fingerprint density at radius 2 is 2.19 bits per heavy atom. The number of ether oxygens (including phenoxy) is 1. The van der Waals surface area contributed by atoms with Crippen LogP contribution in [0.3, 0.4) is 0 Å². The molecule has 0 unspecified atom stereocenters. The van der Waals surface area contributed by atoms with E-state index in [2.05, 4.69) is 29.1 Å². The molecule has 0 saturated carbocycles. The second-order valence-electron chi connectivity index (χ2n) is 4.39. The topological polar surface area (TPSA) is 47.0 Å². The third-order valence-corrected chi connectivity index (χ3v) is 2.23. The highest BCUT2D eigenvalue weighted by Gasteiger charge is 2.16.